The summed E-state index contributed by atoms with van der Waals surface area (Å²) in [6, 6.07) is 4.47. The van der Waals surface area contributed by atoms with Gasteiger partial charge in [-0.3, -0.25) is 4.79 Å². The molecule has 0 aliphatic heterocycles. The maximum absolute atomic E-state index is 12.2. The zero-order valence-electron chi connectivity index (χ0n) is 9.47. The molecule has 1 aliphatic carbocycles. The SMILES string of the molecule is NCCN(C(=O)c1c(O)cccc1O)C1CC1. The van der Waals surface area contributed by atoms with Crippen LogP contribution in [0.15, 0.2) is 18.2 Å². The highest BCUT2D eigenvalue weighted by atomic mass is 16.3. The fourth-order valence-corrected chi connectivity index (χ4v) is 1.87. The van der Waals surface area contributed by atoms with Gasteiger partial charge in [0.25, 0.3) is 5.91 Å². The van der Waals surface area contributed by atoms with Crippen LogP contribution in [-0.4, -0.2) is 40.2 Å². The molecule has 1 amide bonds. The number of carbonyl (C=O) groups excluding carboxylic acids is 1. The molecule has 0 bridgehead atoms. The summed E-state index contributed by atoms with van der Waals surface area (Å²) in [7, 11) is 0. The van der Waals surface area contributed by atoms with Crippen molar-refractivity contribution in [3.8, 4) is 11.5 Å². The zero-order valence-corrected chi connectivity index (χ0v) is 9.47. The van der Waals surface area contributed by atoms with E-state index in [1.807, 2.05) is 0 Å². The minimum absolute atomic E-state index is 0.0344. The topological polar surface area (TPSA) is 86.8 Å². The number of hydrogen-bond donors (Lipinski definition) is 3. The molecule has 17 heavy (non-hydrogen) atoms. The summed E-state index contributed by atoms with van der Waals surface area (Å²) in [5.41, 5.74) is 5.43. The molecule has 4 N–H and O–H groups in total. The van der Waals surface area contributed by atoms with Gasteiger partial charge >= 0.3 is 0 Å². The lowest BCUT2D eigenvalue weighted by Crippen LogP contribution is -2.37. The first kappa shape index (κ1) is 11.7. The highest BCUT2D eigenvalue weighted by Gasteiger charge is 2.34. The van der Waals surface area contributed by atoms with Gasteiger partial charge in [0, 0.05) is 19.1 Å². The lowest BCUT2D eigenvalue weighted by atomic mass is 10.1. The quantitative estimate of drug-likeness (QED) is 0.716. The van der Waals surface area contributed by atoms with Gasteiger partial charge < -0.3 is 20.8 Å². The Morgan fingerprint density at radius 2 is 1.94 bits per heavy atom. The third-order valence-corrected chi connectivity index (χ3v) is 2.85. The molecule has 0 spiro atoms. The first-order valence-electron chi connectivity index (χ1n) is 5.67. The van der Waals surface area contributed by atoms with Crippen LogP contribution in [0, 0.1) is 0 Å². The van der Waals surface area contributed by atoms with E-state index in [2.05, 4.69) is 0 Å². The summed E-state index contributed by atoms with van der Waals surface area (Å²) in [5, 5.41) is 19.3. The molecule has 1 fully saturated rings. The number of aromatic hydroxyl groups is 2. The Kier molecular flexibility index (Phi) is 3.19. The second-order valence-corrected chi connectivity index (χ2v) is 4.19. The van der Waals surface area contributed by atoms with Crippen LogP contribution in [-0.2, 0) is 0 Å². The zero-order chi connectivity index (χ0) is 12.4. The molecule has 0 heterocycles. The number of nitrogens with zero attached hydrogens (tertiary/aromatic N) is 1. The first-order valence-corrected chi connectivity index (χ1v) is 5.67. The molecule has 0 unspecified atom stereocenters. The largest absolute Gasteiger partial charge is 0.507 e. The van der Waals surface area contributed by atoms with Gasteiger partial charge in [0.15, 0.2) is 0 Å². The van der Waals surface area contributed by atoms with Crippen molar-refractivity contribution in [2.45, 2.75) is 18.9 Å². The second-order valence-electron chi connectivity index (χ2n) is 4.19. The molecule has 1 aliphatic rings. The molecule has 1 aromatic carbocycles. The fourth-order valence-electron chi connectivity index (χ4n) is 1.87. The summed E-state index contributed by atoms with van der Waals surface area (Å²) in [5.74, 6) is -0.746. The Bertz CT molecular complexity index is 410. The van der Waals surface area contributed by atoms with Crippen LogP contribution in [0.25, 0.3) is 0 Å². The Morgan fingerprint density at radius 3 is 2.41 bits per heavy atom. The van der Waals surface area contributed by atoms with Crippen LogP contribution >= 0.6 is 0 Å². The van der Waals surface area contributed by atoms with Crippen molar-refractivity contribution in [3.05, 3.63) is 23.8 Å². The molecular formula is C12H16N2O3. The molecule has 0 atom stereocenters. The van der Waals surface area contributed by atoms with E-state index < -0.39 is 0 Å². The van der Waals surface area contributed by atoms with Crippen LogP contribution in [0.4, 0.5) is 0 Å². The smallest absolute Gasteiger partial charge is 0.261 e. The minimum Gasteiger partial charge on any atom is -0.507 e. The van der Waals surface area contributed by atoms with Crippen LogP contribution in [0.1, 0.15) is 23.2 Å². The number of phenolic OH excluding ortho intramolecular Hbond substituents is 2. The van der Waals surface area contributed by atoms with E-state index in [0.717, 1.165) is 12.8 Å². The Hall–Kier alpha value is -1.75. The number of nitrogens with two attached hydrogens (primary N) is 1. The number of carbonyl (C=O) groups is 1. The molecular weight excluding hydrogens is 220 g/mol. The predicted octanol–water partition coefficient (Wildman–Crippen LogP) is 0.661. The van der Waals surface area contributed by atoms with Crippen LogP contribution in [0.5, 0.6) is 11.5 Å². The van der Waals surface area contributed by atoms with Crippen molar-refractivity contribution in [2.75, 3.05) is 13.1 Å². The average Bonchev–Trinajstić information content (AvgIpc) is 3.09. The fraction of sp³-hybridized carbons (Fsp3) is 0.417. The van der Waals surface area contributed by atoms with Crippen LogP contribution in [0.2, 0.25) is 0 Å². The highest BCUT2D eigenvalue weighted by molar-refractivity contribution is 5.99. The van der Waals surface area contributed by atoms with Crippen molar-refractivity contribution in [1.29, 1.82) is 0 Å². The van der Waals surface area contributed by atoms with E-state index >= 15 is 0 Å². The maximum atomic E-state index is 12.2. The van der Waals surface area contributed by atoms with Gasteiger partial charge in [-0.2, -0.15) is 0 Å². The van der Waals surface area contributed by atoms with E-state index in [9.17, 15) is 15.0 Å². The third-order valence-electron chi connectivity index (χ3n) is 2.85. The average molecular weight is 236 g/mol. The molecule has 5 heteroatoms. The van der Waals surface area contributed by atoms with E-state index in [-0.39, 0.29) is 29.0 Å². The van der Waals surface area contributed by atoms with Gasteiger partial charge in [-0.25, -0.2) is 0 Å². The van der Waals surface area contributed by atoms with Gasteiger partial charge in [-0.15, -0.1) is 0 Å². The van der Waals surface area contributed by atoms with Gasteiger partial charge in [0.05, 0.1) is 0 Å². The van der Waals surface area contributed by atoms with Gasteiger partial charge in [-0.05, 0) is 25.0 Å². The molecule has 92 valence electrons. The lowest BCUT2D eigenvalue weighted by Gasteiger charge is -2.22. The number of amides is 1. The molecule has 0 radical (unpaired) electrons. The molecule has 1 aromatic rings. The Balaban J connectivity index is 2.28. The summed E-state index contributed by atoms with van der Waals surface area (Å²) in [4.78, 5) is 13.8. The lowest BCUT2D eigenvalue weighted by molar-refractivity contribution is 0.0742. The molecule has 1 saturated carbocycles. The van der Waals surface area contributed by atoms with Gasteiger partial charge in [0.1, 0.15) is 17.1 Å². The first-order chi connectivity index (χ1) is 8.15. The van der Waals surface area contributed by atoms with E-state index in [1.54, 1.807) is 4.90 Å². The number of hydrogen-bond acceptors (Lipinski definition) is 4. The third kappa shape index (κ3) is 2.34. The van der Waals surface area contributed by atoms with Crippen molar-refractivity contribution in [2.24, 2.45) is 5.73 Å². The Morgan fingerprint density at radius 1 is 1.35 bits per heavy atom. The van der Waals surface area contributed by atoms with Crippen molar-refractivity contribution in [3.63, 3.8) is 0 Å². The molecule has 5 nitrogen and oxygen atoms in total. The number of rotatable bonds is 4. The van der Waals surface area contributed by atoms with Gasteiger partial charge in [-0.1, -0.05) is 6.07 Å². The Labute approximate surface area is 99.5 Å². The van der Waals surface area contributed by atoms with Crippen LogP contribution in [0.3, 0.4) is 0 Å². The maximum Gasteiger partial charge on any atom is 0.261 e. The molecule has 0 saturated heterocycles. The summed E-state index contributed by atoms with van der Waals surface area (Å²) < 4.78 is 0. The van der Waals surface area contributed by atoms with E-state index in [1.165, 1.54) is 18.2 Å². The van der Waals surface area contributed by atoms with Crippen molar-refractivity contribution < 1.29 is 15.0 Å². The van der Waals surface area contributed by atoms with Crippen LogP contribution < -0.4 is 5.73 Å². The van der Waals surface area contributed by atoms with Crippen molar-refractivity contribution in [1.82, 2.24) is 4.90 Å². The summed E-state index contributed by atoms with van der Waals surface area (Å²) >= 11 is 0. The molecule has 2 rings (SSSR count). The predicted molar refractivity (Wildman–Crippen MR) is 62.9 cm³/mol. The number of benzene rings is 1. The standard InChI is InChI=1S/C12H16N2O3/c13-6-7-14(8-4-5-8)12(17)11-9(15)2-1-3-10(11)16/h1-3,8,15-16H,4-7,13H2. The summed E-state index contributed by atoms with van der Waals surface area (Å²) in [6.07, 6.45) is 1.92. The van der Waals surface area contributed by atoms with Gasteiger partial charge in [0.2, 0.25) is 0 Å². The number of phenols is 2. The summed E-state index contributed by atoms with van der Waals surface area (Å²) in [6.45, 7) is 0.813. The normalized spacial score (nSPS) is 14.6. The van der Waals surface area contributed by atoms with Crippen molar-refractivity contribution >= 4 is 5.91 Å². The second kappa shape index (κ2) is 4.63. The monoisotopic (exact) mass is 236 g/mol. The van der Waals surface area contributed by atoms with E-state index in [0.29, 0.717) is 13.1 Å². The highest BCUT2D eigenvalue weighted by Crippen LogP contribution is 2.33. The molecule has 0 aromatic heterocycles. The minimum atomic E-state index is -0.353. The van der Waals surface area contributed by atoms with E-state index in [4.69, 9.17) is 5.73 Å².